The zero-order chi connectivity index (χ0) is 12.9. The van der Waals surface area contributed by atoms with E-state index < -0.39 is 0 Å². The van der Waals surface area contributed by atoms with Gasteiger partial charge in [-0.3, -0.25) is 0 Å². The molecule has 0 aliphatic heterocycles. The molecule has 0 radical (unpaired) electrons. The molecule has 0 bridgehead atoms. The van der Waals surface area contributed by atoms with Crippen LogP contribution in [0.4, 0.5) is 0 Å². The van der Waals surface area contributed by atoms with Crippen molar-refractivity contribution in [2.24, 2.45) is 0 Å². The van der Waals surface area contributed by atoms with Crippen molar-refractivity contribution < 1.29 is 0 Å². The van der Waals surface area contributed by atoms with Crippen molar-refractivity contribution in [1.29, 1.82) is 0 Å². The predicted octanol–water partition coefficient (Wildman–Crippen LogP) is 2.51. The zero-order valence-electron chi connectivity index (χ0n) is 12.9. The fourth-order valence-corrected chi connectivity index (χ4v) is 0. The first-order chi connectivity index (χ1) is 6.81. The summed E-state index contributed by atoms with van der Waals surface area (Å²) in [7, 11) is 0. The minimum atomic E-state index is 1.02. The van der Waals surface area contributed by atoms with Gasteiger partial charge in [0.05, 0.1) is 0 Å². The molecule has 0 rings (SSSR count). The van der Waals surface area contributed by atoms with Crippen LogP contribution in [0.25, 0.3) is 0 Å². The summed E-state index contributed by atoms with van der Waals surface area (Å²) in [6, 6.07) is 0. The van der Waals surface area contributed by atoms with Gasteiger partial charge in [-0.2, -0.15) is 0 Å². The quantitative estimate of drug-likeness (QED) is 0.682. The minimum Gasteiger partial charge on any atom is -0.0931 e. The maximum atomic E-state index is 2.28. The van der Waals surface area contributed by atoms with Crippen LogP contribution in [0.15, 0.2) is 0 Å². The highest BCUT2D eigenvalue weighted by Gasteiger charge is 1.82. The summed E-state index contributed by atoms with van der Waals surface area (Å²) in [5, 5.41) is 0. The van der Waals surface area contributed by atoms with E-state index in [1.165, 1.54) is 68.1 Å². The van der Waals surface area contributed by atoms with Gasteiger partial charge < -0.3 is 0 Å². The number of rotatable bonds is 3. The van der Waals surface area contributed by atoms with Crippen LogP contribution in [0.3, 0.4) is 0 Å². The molecule has 0 aliphatic carbocycles. The van der Waals surface area contributed by atoms with Gasteiger partial charge in [0.1, 0.15) is 0 Å². The van der Waals surface area contributed by atoms with Crippen LogP contribution in [0.5, 0.6) is 0 Å². The van der Waals surface area contributed by atoms with Crippen molar-refractivity contribution in [3.8, 4) is 0 Å². The molecule has 0 N–H and O–H groups in total. The molecule has 0 nitrogen and oxygen atoms in total. The zero-order valence-corrected chi connectivity index (χ0v) is 18.9. The van der Waals surface area contributed by atoms with Crippen molar-refractivity contribution in [1.82, 2.24) is 0 Å². The van der Waals surface area contributed by atoms with Gasteiger partial charge in [-0.25, -0.2) is 0 Å². The third kappa shape index (κ3) is 50.0. The molecule has 0 saturated heterocycles. The van der Waals surface area contributed by atoms with E-state index in [0.717, 1.165) is 14.3 Å². The Morgan fingerprint density at radius 1 is 0.600 bits per heavy atom. The molecular weight excluding hydrogens is 225 g/mol. The van der Waals surface area contributed by atoms with Crippen LogP contribution in [0, 0.1) is 0 Å². The first-order valence-electron chi connectivity index (χ1n) is 6.81. The minimum absolute atomic E-state index is 1.02. The van der Waals surface area contributed by atoms with Crippen molar-refractivity contribution in [3.63, 3.8) is 0 Å². The Hall–Kier alpha value is 1.60. The van der Waals surface area contributed by atoms with E-state index in [4.69, 9.17) is 0 Å². The second kappa shape index (κ2) is 18.0. The van der Waals surface area contributed by atoms with Gasteiger partial charge in [0.2, 0.25) is 48.9 Å². The standard InChI is InChI=1S/3C4H9.3Al.6H/c3*1-3-4-2;;;;;;;;;/h3*3H,4H2,1-2H3;;;;;;;;;. The first kappa shape index (κ1) is 21.8. The second-order valence-electron chi connectivity index (χ2n) is 5.41. The molecule has 0 aromatic carbocycles. The number of hydrogen-bond acceptors (Lipinski definition) is 0. The monoisotopic (exact) mass is 258 g/mol. The maximum absolute atomic E-state index is 2.28. The SMILES string of the molecule is CC[CH](C)[AlH2].CC[CH](C)[AlH2].CC[CH](C)[AlH2]. The highest BCUT2D eigenvalue weighted by atomic mass is 27.1. The third-order valence-corrected chi connectivity index (χ3v) is 4.90. The van der Waals surface area contributed by atoms with Crippen LogP contribution in [-0.4, -0.2) is 48.9 Å². The fraction of sp³-hybridized carbons (Fsp3) is 1.00. The van der Waals surface area contributed by atoms with Gasteiger partial charge in [-0.15, -0.1) is 0 Å². The van der Waals surface area contributed by atoms with Crippen LogP contribution in [0.2, 0.25) is 14.3 Å². The van der Waals surface area contributed by atoms with Crippen molar-refractivity contribution in [2.45, 2.75) is 75.1 Å². The fourth-order valence-electron chi connectivity index (χ4n) is 0. The Labute approximate surface area is 123 Å². The van der Waals surface area contributed by atoms with E-state index in [1.807, 2.05) is 0 Å². The molecule has 3 atom stereocenters. The number of hydrogen-bond donors (Lipinski definition) is 0. The van der Waals surface area contributed by atoms with E-state index in [-0.39, 0.29) is 0 Å². The molecule has 0 saturated carbocycles. The summed E-state index contributed by atoms with van der Waals surface area (Å²) in [6.45, 7) is 13.6. The largest absolute Gasteiger partial charge is 0.215 e. The van der Waals surface area contributed by atoms with Gasteiger partial charge >= 0.3 is 0 Å². The Morgan fingerprint density at radius 3 is 0.667 bits per heavy atom. The summed E-state index contributed by atoms with van der Waals surface area (Å²) in [4.78, 5) is 0. The molecule has 0 aromatic rings. The summed E-state index contributed by atoms with van der Waals surface area (Å²) in [5.74, 6) is 0. The molecule has 0 aliphatic rings. The van der Waals surface area contributed by atoms with Crippen LogP contribution in [0.1, 0.15) is 60.8 Å². The third-order valence-electron chi connectivity index (χ3n) is 2.45. The smallest absolute Gasteiger partial charge is 0.0931 e. The van der Waals surface area contributed by atoms with E-state index in [1.54, 1.807) is 0 Å². The normalized spacial score (nSPS) is 14.8. The van der Waals surface area contributed by atoms with E-state index in [2.05, 4.69) is 41.5 Å². The molecule has 90 valence electrons. The van der Waals surface area contributed by atoms with Crippen LogP contribution in [-0.2, 0) is 0 Å². The molecule has 3 heteroatoms. The average Bonchev–Trinajstić information content (AvgIpc) is 2.19. The highest BCUT2D eigenvalue weighted by molar-refractivity contribution is 6.11. The van der Waals surface area contributed by atoms with Gasteiger partial charge in [-0.05, 0) is 0 Å². The van der Waals surface area contributed by atoms with E-state index in [9.17, 15) is 0 Å². The maximum Gasteiger partial charge on any atom is 0.215 e. The van der Waals surface area contributed by atoms with Gasteiger partial charge in [0.15, 0.2) is 0 Å². The molecule has 0 aromatic heterocycles. The van der Waals surface area contributed by atoms with Gasteiger partial charge in [0, 0.05) is 0 Å². The lowest BCUT2D eigenvalue weighted by atomic mass is 10.4. The molecular formula is C12H33Al3. The Kier molecular flexibility index (Phi) is 26.2. The lowest BCUT2D eigenvalue weighted by Crippen LogP contribution is -1.76. The van der Waals surface area contributed by atoms with Crippen LogP contribution >= 0.6 is 0 Å². The Bertz CT molecular complexity index is 71.8. The lowest BCUT2D eigenvalue weighted by molar-refractivity contribution is 0.880. The van der Waals surface area contributed by atoms with Crippen LogP contribution < -0.4 is 0 Å². The topological polar surface area (TPSA) is 0 Å². The lowest BCUT2D eigenvalue weighted by Gasteiger charge is -1.89. The molecule has 0 amide bonds. The first-order valence-corrected chi connectivity index (χ1v) is 10.3. The van der Waals surface area contributed by atoms with Crippen molar-refractivity contribution in [2.75, 3.05) is 0 Å². The molecule has 15 heavy (non-hydrogen) atoms. The van der Waals surface area contributed by atoms with E-state index >= 15 is 0 Å². The average molecular weight is 258 g/mol. The van der Waals surface area contributed by atoms with Crippen molar-refractivity contribution >= 4 is 48.9 Å². The predicted molar refractivity (Wildman–Crippen MR) is 84.8 cm³/mol. The molecule has 0 heterocycles. The highest BCUT2D eigenvalue weighted by Crippen LogP contribution is 1.98. The Morgan fingerprint density at radius 2 is 0.667 bits per heavy atom. The van der Waals surface area contributed by atoms with Gasteiger partial charge in [-0.1, -0.05) is 75.1 Å². The Balaban J connectivity index is -0.000000144. The van der Waals surface area contributed by atoms with E-state index in [0.29, 0.717) is 0 Å². The summed E-state index contributed by atoms with van der Waals surface area (Å²) < 4.78 is 3.07. The summed E-state index contributed by atoms with van der Waals surface area (Å²) >= 11 is 4.11. The molecule has 0 spiro atoms. The molecule has 0 fully saturated rings. The summed E-state index contributed by atoms with van der Waals surface area (Å²) in [5.41, 5.74) is 0. The second-order valence-corrected chi connectivity index (χ2v) is 11.3. The van der Waals surface area contributed by atoms with Gasteiger partial charge in [0.25, 0.3) is 0 Å². The van der Waals surface area contributed by atoms with Crippen molar-refractivity contribution in [3.05, 3.63) is 0 Å². The summed E-state index contributed by atoms with van der Waals surface area (Å²) in [6.07, 6.45) is 4.10. The molecule has 3 unspecified atom stereocenters.